The van der Waals surface area contributed by atoms with Crippen LogP contribution in [-0.2, 0) is 9.53 Å². The highest BCUT2D eigenvalue weighted by molar-refractivity contribution is 5.77. The summed E-state index contributed by atoms with van der Waals surface area (Å²) in [5.74, 6) is -0.0556. The average molecular weight is 228 g/mol. The number of hydrogen-bond donors (Lipinski definition) is 2. The van der Waals surface area contributed by atoms with Crippen molar-refractivity contribution >= 4 is 5.91 Å². The lowest BCUT2D eigenvalue weighted by Gasteiger charge is -2.50. The summed E-state index contributed by atoms with van der Waals surface area (Å²) in [7, 11) is 0. The van der Waals surface area contributed by atoms with Crippen molar-refractivity contribution in [3.8, 4) is 0 Å². The number of rotatable bonds is 3. The second-order valence-electron chi connectivity index (χ2n) is 6.18. The van der Waals surface area contributed by atoms with E-state index in [4.69, 9.17) is 10.5 Å². The Morgan fingerprint density at radius 3 is 2.44 bits per heavy atom. The van der Waals surface area contributed by atoms with Gasteiger partial charge < -0.3 is 15.8 Å². The third kappa shape index (κ3) is 3.19. The molecule has 1 fully saturated rings. The predicted molar refractivity (Wildman–Crippen MR) is 64.0 cm³/mol. The van der Waals surface area contributed by atoms with Crippen LogP contribution in [0.2, 0.25) is 0 Å². The lowest BCUT2D eigenvalue weighted by atomic mass is 9.63. The Balaban J connectivity index is 2.31. The number of ether oxygens (including phenoxy) is 1. The zero-order chi connectivity index (χ0) is 12.6. The van der Waals surface area contributed by atoms with Gasteiger partial charge in [0.2, 0.25) is 5.91 Å². The van der Waals surface area contributed by atoms with Gasteiger partial charge in [0, 0.05) is 17.5 Å². The normalized spacial score (nSPS) is 28.4. The first-order chi connectivity index (χ1) is 7.13. The summed E-state index contributed by atoms with van der Waals surface area (Å²) >= 11 is 0. The lowest BCUT2D eigenvalue weighted by Crippen LogP contribution is -2.64. The second-order valence-corrected chi connectivity index (χ2v) is 6.18. The minimum atomic E-state index is -0.275. The molecule has 0 spiro atoms. The third-order valence-electron chi connectivity index (χ3n) is 3.31. The summed E-state index contributed by atoms with van der Waals surface area (Å²) in [5.41, 5.74) is 5.61. The maximum atomic E-state index is 11.6. The Bertz CT molecular complexity index is 269. The van der Waals surface area contributed by atoms with E-state index in [-0.39, 0.29) is 35.6 Å². The van der Waals surface area contributed by atoms with Crippen LogP contribution in [0.15, 0.2) is 0 Å². The van der Waals surface area contributed by atoms with Gasteiger partial charge in [0.25, 0.3) is 0 Å². The zero-order valence-corrected chi connectivity index (χ0v) is 11.0. The van der Waals surface area contributed by atoms with E-state index in [1.807, 2.05) is 20.8 Å². The molecule has 2 unspecified atom stereocenters. The van der Waals surface area contributed by atoms with Gasteiger partial charge >= 0.3 is 0 Å². The average Bonchev–Trinajstić information content (AvgIpc) is 2.13. The molecule has 1 amide bonds. The summed E-state index contributed by atoms with van der Waals surface area (Å²) in [6.45, 7) is 10.1. The molecule has 0 bridgehead atoms. The van der Waals surface area contributed by atoms with Gasteiger partial charge in [-0.05, 0) is 27.2 Å². The van der Waals surface area contributed by atoms with Crippen LogP contribution in [0.5, 0.6) is 0 Å². The Kier molecular flexibility index (Phi) is 3.65. The summed E-state index contributed by atoms with van der Waals surface area (Å²) in [5, 5.41) is 2.97. The van der Waals surface area contributed by atoms with Crippen molar-refractivity contribution in [2.24, 2.45) is 11.1 Å². The SMILES string of the molecule is CC(C)(C)OCC(=O)NC1CC(N)C1(C)C. The molecule has 2 atom stereocenters. The Morgan fingerprint density at radius 2 is 2.06 bits per heavy atom. The topological polar surface area (TPSA) is 64.3 Å². The van der Waals surface area contributed by atoms with Gasteiger partial charge in [0.05, 0.1) is 5.60 Å². The van der Waals surface area contributed by atoms with Crippen molar-refractivity contribution in [3.63, 3.8) is 0 Å². The Hall–Kier alpha value is -0.610. The first-order valence-corrected chi connectivity index (χ1v) is 5.82. The van der Waals surface area contributed by atoms with Crippen molar-refractivity contribution in [1.29, 1.82) is 0 Å². The quantitative estimate of drug-likeness (QED) is 0.758. The predicted octanol–water partition coefficient (Wildman–Crippen LogP) is 1.04. The number of nitrogens with two attached hydrogens (primary N) is 1. The number of hydrogen-bond acceptors (Lipinski definition) is 3. The van der Waals surface area contributed by atoms with E-state index in [0.717, 1.165) is 6.42 Å². The third-order valence-corrected chi connectivity index (χ3v) is 3.31. The summed E-state index contributed by atoms with van der Waals surface area (Å²) in [6, 6.07) is 0.361. The molecule has 1 aliphatic rings. The molecule has 0 aromatic rings. The molecule has 94 valence electrons. The Morgan fingerprint density at radius 1 is 1.50 bits per heavy atom. The van der Waals surface area contributed by atoms with Crippen molar-refractivity contribution < 1.29 is 9.53 Å². The van der Waals surface area contributed by atoms with E-state index in [9.17, 15) is 4.79 Å². The van der Waals surface area contributed by atoms with Gasteiger partial charge in [-0.2, -0.15) is 0 Å². The number of nitrogens with one attached hydrogen (secondary N) is 1. The fraction of sp³-hybridized carbons (Fsp3) is 0.917. The molecule has 4 heteroatoms. The van der Waals surface area contributed by atoms with Crippen molar-refractivity contribution in [2.75, 3.05) is 6.61 Å². The van der Waals surface area contributed by atoms with Crippen LogP contribution < -0.4 is 11.1 Å². The molecule has 4 nitrogen and oxygen atoms in total. The summed E-state index contributed by atoms with van der Waals surface area (Å²) in [6.07, 6.45) is 0.855. The van der Waals surface area contributed by atoms with Gasteiger partial charge in [-0.1, -0.05) is 13.8 Å². The molecule has 1 rings (SSSR count). The smallest absolute Gasteiger partial charge is 0.246 e. The maximum Gasteiger partial charge on any atom is 0.246 e. The van der Waals surface area contributed by atoms with Crippen LogP contribution in [-0.4, -0.2) is 30.2 Å². The summed E-state index contributed by atoms with van der Waals surface area (Å²) < 4.78 is 5.41. The van der Waals surface area contributed by atoms with Gasteiger partial charge in [0.1, 0.15) is 6.61 Å². The van der Waals surface area contributed by atoms with Gasteiger partial charge in [-0.25, -0.2) is 0 Å². The summed E-state index contributed by atoms with van der Waals surface area (Å²) in [4.78, 5) is 11.6. The van der Waals surface area contributed by atoms with Gasteiger partial charge in [-0.3, -0.25) is 4.79 Å². The molecule has 16 heavy (non-hydrogen) atoms. The number of carbonyl (C=O) groups is 1. The molecule has 3 N–H and O–H groups in total. The fourth-order valence-electron chi connectivity index (χ4n) is 1.72. The molecule has 1 saturated carbocycles. The van der Waals surface area contributed by atoms with E-state index >= 15 is 0 Å². The monoisotopic (exact) mass is 228 g/mol. The first kappa shape index (κ1) is 13.5. The Labute approximate surface area is 97.9 Å². The standard InChI is InChI=1S/C12H24N2O2/c1-11(2,3)16-7-10(15)14-9-6-8(13)12(9,4)5/h8-9H,6-7,13H2,1-5H3,(H,14,15). The molecule has 0 aromatic heterocycles. The van der Waals surface area contributed by atoms with E-state index in [1.54, 1.807) is 0 Å². The minimum absolute atomic E-state index is 0.00259. The minimum Gasteiger partial charge on any atom is -0.366 e. The van der Waals surface area contributed by atoms with Crippen molar-refractivity contribution in [1.82, 2.24) is 5.32 Å². The van der Waals surface area contributed by atoms with E-state index in [1.165, 1.54) is 0 Å². The van der Waals surface area contributed by atoms with Crippen LogP contribution in [0, 0.1) is 5.41 Å². The van der Waals surface area contributed by atoms with Crippen LogP contribution in [0.1, 0.15) is 41.0 Å². The molecule has 0 aromatic carbocycles. The molecule has 0 heterocycles. The van der Waals surface area contributed by atoms with Crippen molar-refractivity contribution in [2.45, 2.75) is 58.7 Å². The first-order valence-electron chi connectivity index (χ1n) is 5.82. The van der Waals surface area contributed by atoms with Gasteiger partial charge in [-0.15, -0.1) is 0 Å². The molecule has 0 aliphatic heterocycles. The molecule has 1 aliphatic carbocycles. The fourth-order valence-corrected chi connectivity index (χ4v) is 1.72. The number of carbonyl (C=O) groups excluding carboxylic acids is 1. The van der Waals surface area contributed by atoms with Crippen LogP contribution in [0.3, 0.4) is 0 Å². The zero-order valence-electron chi connectivity index (χ0n) is 11.0. The highest BCUT2D eigenvalue weighted by atomic mass is 16.5. The maximum absolute atomic E-state index is 11.6. The second kappa shape index (κ2) is 4.34. The largest absolute Gasteiger partial charge is 0.366 e. The van der Waals surface area contributed by atoms with E-state index < -0.39 is 0 Å². The van der Waals surface area contributed by atoms with E-state index in [2.05, 4.69) is 19.2 Å². The van der Waals surface area contributed by atoms with Crippen LogP contribution in [0.25, 0.3) is 0 Å². The molecular weight excluding hydrogens is 204 g/mol. The van der Waals surface area contributed by atoms with Gasteiger partial charge in [0.15, 0.2) is 0 Å². The van der Waals surface area contributed by atoms with Crippen LogP contribution >= 0.6 is 0 Å². The lowest BCUT2D eigenvalue weighted by molar-refractivity contribution is -0.133. The highest BCUT2D eigenvalue weighted by Crippen LogP contribution is 2.38. The van der Waals surface area contributed by atoms with Crippen molar-refractivity contribution in [3.05, 3.63) is 0 Å². The van der Waals surface area contributed by atoms with E-state index in [0.29, 0.717) is 0 Å². The molecular formula is C12H24N2O2. The van der Waals surface area contributed by atoms with Crippen LogP contribution in [0.4, 0.5) is 0 Å². The molecule has 0 saturated heterocycles. The molecule has 0 radical (unpaired) electrons. The highest BCUT2D eigenvalue weighted by Gasteiger charge is 2.46. The number of amides is 1.